The quantitative estimate of drug-likeness (QED) is 0.674. The summed E-state index contributed by atoms with van der Waals surface area (Å²) in [5.41, 5.74) is 0.919. The van der Waals surface area contributed by atoms with Crippen LogP contribution in [-0.4, -0.2) is 5.11 Å². The van der Waals surface area contributed by atoms with Crippen molar-refractivity contribution >= 4 is 0 Å². The minimum atomic E-state index is 0. The number of benzene rings is 1. The zero-order chi connectivity index (χ0) is 5.98. The van der Waals surface area contributed by atoms with Crippen LogP contribution in [0.2, 0.25) is 0 Å². The van der Waals surface area contributed by atoms with Gasteiger partial charge in [0.15, 0.2) is 0 Å². The summed E-state index contributed by atoms with van der Waals surface area (Å²) in [6, 6.07) is 6.75. The van der Waals surface area contributed by atoms with Crippen LogP contribution in [0.4, 0.5) is 0 Å². The molecular formula is C8H10ORf-2. The Balaban J connectivity index is 0. The fourth-order valence-corrected chi connectivity index (χ4v) is 0.496. The van der Waals surface area contributed by atoms with Gasteiger partial charge in [-0.05, 0) is 0 Å². The van der Waals surface area contributed by atoms with Gasteiger partial charge in [-0.25, -0.2) is 0 Å². The minimum absolute atomic E-state index is 0. The van der Waals surface area contributed by atoms with Gasteiger partial charge in [0.25, 0.3) is 0 Å². The molecule has 0 atom stereocenters. The topological polar surface area (TPSA) is 20.2 Å². The largest absolute Gasteiger partial charge is 0.510 e. The van der Waals surface area contributed by atoms with Crippen molar-refractivity contribution in [2.24, 2.45) is 0 Å². The van der Waals surface area contributed by atoms with Crippen molar-refractivity contribution in [1.29, 1.82) is 0 Å². The third-order valence-electron chi connectivity index (χ3n) is 0.936. The molecule has 1 N–H and O–H groups in total. The molecule has 0 unspecified atom stereocenters. The van der Waals surface area contributed by atoms with Crippen molar-refractivity contribution < 1.29 is 5.11 Å². The maximum atomic E-state index is 8.73. The van der Waals surface area contributed by atoms with Crippen LogP contribution in [-0.2, 0) is 0 Å². The van der Waals surface area contributed by atoms with E-state index in [1.165, 1.54) is 0 Å². The number of phenols is 1. The number of phenolic OH excluding ortho intramolecular Hbond substituents is 1. The van der Waals surface area contributed by atoms with Crippen molar-refractivity contribution in [2.45, 2.75) is 0 Å². The average Bonchev–Trinajstić information content (AvgIpc) is 1.77. The summed E-state index contributed by atoms with van der Waals surface area (Å²) in [7, 11) is 0. The molecule has 0 aliphatic heterocycles. The zero-order valence-corrected chi connectivity index (χ0v) is 12.6. The summed E-state index contributed by atoms with van der Waals surface area (Å²) in [6.07, 6.45) is 0. The molecule has 52 valence electrons. The summed E-state index contributed by atoms with van der Waals surface area (Å²) in [6.45, 7) is 3.65. The van der Waals surface area contributed by atoms with Crippen LogP contribution in [0.5, 0.6) is 5.75 Å². The van der Waals surface area contributed by atoms with Crippen molar-refractivity contribution in [1.82, 2.24) is 0 Å². The molecule has 0 saturated heterocycles. The van der Waals surface area contributed by atoms with Crippen molar-refractivity contribution in [3.8, 4) is 5.75 Å². The zero-order valence-electron chi connectivity index (χ0n) is 6.17. The smallest absolute Gasteiger partial charge is 0.0910 e. The van der Waals surface area contributed by atoms with Gasteiger partial charge in [-0.1, -0.05) is 12.1 Å². The molecule has 0 spiro atoms. The van der Waals surface area contributed by atoms with Gasteiger partial charge in [0.1, 0.15) is 0 Å². The number of aromatic hydroxyl groups is 1. The Morgan fingerprint density at radius 3 is 1.80 bits per heavy atom. The molecule has 0 amide bonds. The number of hydrogen-bond donors (Lipinski definition) is 1. The van der Waals surface area contributed by atoms with E-state index in [-0.39, 0.29) is 13.2 Å². The Morgan fingerprint density at radius 1 is 1.10 bits per heavy atom. The molecule has 0 aliphatic rings. The van der Waals surface area contributed by atoms with E-state index in [1.54, 1.807) is 24.3 Å². The first-order chi connectivity index (χ1) is 3.79. The molecule has 1 rings (SSSR count). The Morgan fingerprint density at radius 2 is 1.50 bits per heavy atom. The molecule has 0 fully saturated rings. The van der Waals surface area contributed by atoms with Crippen LogP contribution >= 0.6 is 0 Å². The van der Waals surface area contributed by atoms with Crippen molar-refractivity contribution in [3.05, 3.63) is 44.2 Å². The van der Waals surface area contributed by atoms with Crippen LogP contribution in [0.1, 0.15) is 5.56 Å². The van der Waals surface area contributed by atoms with Gasteiger partial charge in [0, 0.05) is 0 Å². The third kappa shape index (κ3) is 2.26. The third-order valence-corrected chi connectivity index (χ3v) is 0.936. The van der Waals surface area contributed by atoms with Crippen molar-refractivity contribution in [2.75, 3.05) is 0 Å². The summed E-state index contributed by atoms with van der Waals surface area (Å²) < 4.78 is 0. The predicted octanol–water partition coefficient (Wildman–Crippen LogP) is 2.02. The molecule has 0 aliphatic carbocycles. The molecule has 1 aromatic rings. The molecule has 0 radical (unpaired) electrons. The van der Waals surface area contributed by atoms with E-state index in [0.29, 0.717) is 0 Å². The van der Waals surface area contributed by atoms with Crippen molar-refractivity contribution in [3.63, 3.8) is 0 Å². The molecule has 0 bridgehead atoms. The van der Waals surface area contributed by atoms with E-state index in [0.717, 1.165) is 5.56 Å². The second-order valence-corrected chi connectivity index (χ2v) is 1.67. The first-order valence-electron chi connectivity index (χ1n) is 2.40. The summed E-state index contributed by atoms with van der Waals surface area (Å²) in [4.78, 5) is 0. The molecule has 10 heavy (non-hydrogen) atoms. The molecule has 1 aromatic carbocycles. The Bertz CT molecular complexity index is 148. The van der Waals surface area contributed by atoms with E-state index in [9.17, 15) is 0 Å². The van der Waals surface area contributed by atoms with Gasteiger partial charge in [-0.2, -0.15) is 24.6 Å². The number of rotatable bonds is 0. The van der Waals surface area contributed by atoms with Crippen LogP contribution in [0.25, 0.3) is 0 Å². The second-order valence-electron chi connectivity index (χ2n) is 1.67. The van der Waals surface area contributed by atoms with Gasteiger partial charge in [-0.3, -0.25) is 0 Å². The Hall–Kier alpha value is -2.11. The minimum Gasteiger partial charge on any atom is -0.510 e. The SMILES string of the molecule is [CH2-]c1ccc(O)cc1.[CH3-].[Rf]. The molecule has 2 heteroatoms. The molecular weight excluding hydrogens is 379 g/mol. The first-order valence-corrected chi connectivity index (χ1v) is 2.40. The number of hydrogen-bond acceptors (Lipinski definition) is 1. The summed E-state index contributed by atoms with van der Waals surface area (Å²) in [5, 5.41) is 8.73. The molecule has 0 heterocycles. The predicted molar refractivity (Wildman–Crippen MR) is 39.0 cm³/mol. The molecule has 0 aromatic heterocycles. The Kier molecular flexibility index (Phi) is 4.15. The first kappa shape index (κ1) is 10.8. The monoisotopic (exact) mass is 389 g/mol. The van der Waals surface area contributed by atoms with E-state index in [2.05, 4.69) is 6.92 Å². The Labute approximate surface area is 56.0 Å². The summed E-state index contributed by atoms with van der Waals surface area (Å²) >= 11 is 0. The van der Waals surface area contributed by atoms with Crippen LogP contribution in [0.3, 0.4) is 0 Å². The average molecular weight is 389 g/mol. The van der Waals surface area contributed by atoms with Crippen LogP contribution in [0.15, 0.2) is 24.3 Å². The van der Waals surface area contributed by atoms with Gasteiger partial charge < -0.3 is 12.5 Å². The maximum Gasteiger partial charge on any atom is 0.0910 e. The summed E-state index contributed by atoms with van der Waals surface area (Å²) in [5.74, 6) is 0.289. The fraction of sp³-hybridized carbons (Fsp3) is 0. The van der Waals surface area contributed by atoms with Crippen LogP contribution < -0.4 is 0 Å². The van der Waals surface area contributed by atoms with E-state index in [1.807, 2.05) is 0 Å². The fourth-order valence-electron chi connectivity index (χ4n) is 0.496. The van der Waals surface area contributed by atoms with E-state index >= 15 is 0 Å². The van der Waals surface area contributed by atoms with E-state index < -0.39 is 0 Å². The van der Waals surface area contributed by atoms with Gasteiger partial charge in [-0.15, -0.1) is 0 Å². The van der Waals surface area contributed by atoms with Gasteiger partial charge >= 0.3 is 0 Å². The van der Waals surface area contributed by atoms with Gasteiger partial charge in [0.2, 0.25) is 0 Å². The van der Waals surface area contributed by atoms with E-state index in [4.69, 9.17) is 5.11 Å². The van der Waals surface area contributed by atoms with Crippen LogP contribution in [0, 0.1) is 14.4 Å². The molecule has 1 nitrogen and oxygen atoms in total. The molecule has 0 saturated carbocycles. The normalized spacial score (nSPS) is 7.20. The van der Waals surface area contributed by atoms with Gasteiger partial charge in [0.05, 0.1) is 5.75 Å². The second kappa shape index (κ2) is 3.84. The standard InChI is InChI=1S/C7H7O.CH3.Rf/c1-6-2-4-7(8)5-3-6;;/h2-5,8H,1H2;1H3;/q2*-1;. The maximum absolute atomic E-state index is 8.73.